The van der Waals surface area contributed by atoms with Crippen LogP contribution in [0.1, 0.15) is 92.6 Å². The predicted octanol–water partition coefficient (Wildman–Crippen LogP) is 6.17. The zero-order valence-corrected chi connectivity index (χ0v) is 32.6. The summed E-state index contributed by atoms with van der Waals surface area (Å²) in [5.41, 5.74) is 9.28. The Morgan fingerprint density at radius 3 is 2.50 bits per heavy atom. The Kier molecular flexibility index (Phi) is 10.0. The summed E-state index contributed by atoms with van der Waals surface area (Å²) >= 11 is 0. The third kappa shape index (κ3) is 6.96. The number of imide groups is 1. The molecule has 6 aromatic rings. The molecular weight excluding hydrogens is 731 g/mol. The van der Waals surface area contributed by atoms with Crippen molar-refractivity contribution in [1.82, 2.24) is 35.8 Å². The van der Waals surface area contributed by atoms with Gasteiger partial charge in [0.15, 0.2) is 0 Å². The summed E-state index contributed by atoms with van der Waals surface area (Å²) in [5.74, 6) is 4.94. The van der Waals surface area contributed by atoms with Crippen molar-refractivity contribution in [1.29, 1.82) is 0 Å². The van der Waals surface area contributed by atoms with E-state index in [2.05, 4.69) is 69.8 Å². The molecule has 5 heterocycles. The third-order valence-electron chi connectivity index (χ3n) is 10.9. The number of pyridine rings is 2. The zero-order chi connectivity index (χ0) is 40.7. The molecule has 2 aliphatic rings. The minimum Gasteiger partial charge on any atom is -0.358 e. The van der Waals surface area contributed by atoms with Crippen molar-refractivity contribution in [3.8, 4) is 34.2 Å². The van der Waals surface area contributed by atoms with Crippen molar-refractivity contribution in [3.05, 3.63) is 118 Å². The van der Waals surface area contributed by atoms with Gasteiger partial charge in [0.1, 0.15) is 11.7 Å². The smallest absolute Gasteiger partial charge is 0.269 e. The molecule has 8 rings (SSSR count). The highest BCUT2D eigenvalue weighted by Gasteiger charge is 2.39. The lowest BCUT2D eigenvalue weighted by molar-refractivity contribution is -0.136. The Hall–Kier alpha value is -7.13. The number of carbonyl (C=O) groups is 5. The molecule has 12 nitrogen and oxygen atoms in total. The molecule has 1 unspecified atom stereocenters. The summed E-state index contributed by atoms with van der Waals surface area (Å²) < 4.78 is 0. The second kappa shape index (κ2) is 15.4. The Bertz CT molecular complexity index is 2760. The molecule has 3 aromatic carbocycles. The number of benzene rings is 3. The fraction of sp³-hybridized carbons (Fsp3) is 0.239. The topological polar surface area (TPSA) is 166 Å². The molecule has 0 spiro atoms. The molecule has 4 N–H and O–H groups in total. The number of hydrogen-bond donors (Lipinski definition) is 4. The number of piperidine rings is 1. The van der Waals surface area contributed by atoms with Crippen molar-refractivity contribution < 1.29 is 24.0 Å². The Morgan fingerprint density at radius 2 is 1.74 bits per heavy atom. The number of nitrogens with one attached hydrogen (secondary N) is 4. The maximum atomic E-state index is 13.1. The summed E-state index contributed by atoms with van der Waals surface area (Å²) in [4.78, 5) is 77.2. The van der Waals surface area contributed by atoms with Crippen LogP contribution in [0.5, 0.6) is 0 Å². The number of aromatic nitrogens is 3. The van der Waals surface area contributed by atoms with Gasteiger partial charge >= 0.3 is 0 Å². The first-order valence-electron chi connectivity index (χ1n) is 19.3. The largest absolute Gasteiger partial charge is 0.358 e. The van der Waals surface area contributed by atoms with Crippen molar-refractivity contribution in [2.45, 2.75) is 58.5 Å². The fourth-order valence-electron chi connectivity index (χ4n) is 7.93. The monoisotopic (exact) mass is 771 g/mol. The summed E-state index contributed by atoms with van der Waals surface area (Å²) in [6.45, 7) is 6.76. The number of aromatic amines is 1. The molecule has 0 bridgehead atoms. The van der Waals surface area contributed by atoms with Crippen molar-refractivity contribution in [3.63, 3.8) is 0 Å². The average molecular weight is 772 g/mol. The average Bonchev–Trinajstić information content (AvgIpc) is 3.75. The number of rotatable bonds is 8. The van der Waals surface area contributed by atoms with E-state index in [0.717, 1.165) is 60.9 Å². The first-order chi connectivity index (χ1) is 28.0. The number of fused-ring (bicyclic) bond motifs is 3. The second-order valence-electron chi connectivity index (χ2n) is 14.9. The second-order valence-corrected chi connectivity index (χ2v) is 14.9. The van der Waals surface area contributed by atoms with E-state index in [1.807, 2.05) is 43.5 Å². The van der Waals surface area contributed by atoms with Gasteiger partial charge < -0.3 is 20.5 Å². The number of nitrogens with zero attached hydrogens (tertiary/aromatic N) is 3. The van der Waals surface area contributed by atoms with Crippen LogP contribution in [0.15, 0.2) is 79.1 Å². The first kappa shape index (κ1) is 37.8. The van der Waals surface area contributed by atoms with Crippen LogP contribution >= 0.6 is 0 Å². The van der Waals surface area contributed by atoms with Gasteiger partial charge in [-0.25, -0.2) is 0 Å². The number of aryl methyl sites for hydroxylation is 1. The lowest BCUT2D eigenvalue weighted by Crippen LogP contribution is -2.52. The summed E-state index contributed by atoms with van der Waals surface area (Å²) in [6, 6.07) is 20.5. The first-order valence-corrected chi connectivity index (χ1v) is 19.3. The maximum absolute atomic E-state index is 13.1. The minimum atomic E-state index is -0.693. The molecule has 0 aliphatic carbocycles. The van der Waals surface area contributed by atoms with Crippen LogP contribution in [0.3, 0.4) is 0 Å². The highest BCUT2D eigenvalue weighted by molar-refractivity contribution is 6.11. The van der Waals surface area contributed by atoms with Crippen LogP contribution < -0.4 is 16.0 Å². The summed E-state index contributed by atoms with van der Waals surface area (Å²) in [5, 5.41) is 10.8. The number of H-pyrrole nitrogens is 1. The van der Waals surface area contributed by atoms with Gasteiger partial charge in [-0.2, -0.15) is 0 Å². The predicted molar refractivity (Wildman–Crippen MR) is 221 cm³/mol. The van der Waals surface area contributed by atoms with E-state index in [9.17, 15) is 24.0 Å². The van der Waals surface area contributed by atoms with Crippen LogP contribution in [-0.2, 0) is 16.1 Å². The standard InChI is InChI=1S/C46H41N7O5/c1-25(2)33-19-30(20-34-41(45(57)47-4)26(3)51-42(33)34)31-12-8-11-28-21-38(50-23-35(28)31)29-14-15-37(49-22-29)43(55)48-18-6-5-9-27-10-7-13-32-36(27)24-53(46(32)58)39-16-17-40(54)52-44(39)56/h7-8,10-15,19-23,25,39,51H,6,16-18,24H2,1-4H3,(H,47,57)(H,48,55)(H,52,54,56). The Balaban J connectivity index is 0.935. The molecule has 5 amide bonds. The van der Waals surface area contributed by atoms with E-state index >= 15 is 0 Å². The van der Waals surface area contributed by atoms with E-state index in [1.165, 1.54) is 4.90 Å². The molecule has 12 heteroatoms. The lowest BCUT2D eigenvalue weighted by atomic mass is 9.91. The number of amides is 5. The van der Waals surface area contributed by atoms with E-state index in [-0.39, 0.29) is 48.2 Å². The summed E-state index contributed by atoms with van der Waals surface area (Å²) in [6.07, 6.45) is 4.35. The zero-order valence-electron chi connectivity index (χ0n) is 32.6. The molecular formula is C46H41N7O5. The molecule has 290 valence electrons. The normalized spacial score (nSPS) is 15.0. The lowest BCUT2D eigenvalue weighted by Gasteiger charge is -2.29. The van der Waals surface area contributed by atoms with Gasteiger partial charge in [-0.1, -0.05) is 50.0 Å². The van der Waals surface area contributed by atoms with Crippen LogP contribution in [-0.4, -0.2) is 69.0 Å². The maximum Gasteiger partial charge on any atom is 0.269 e. The van der Waals surface area contributed by atoms with Gasteiger partial charge in [0.2, 0.25) is 11.8 Å². The van der Waals surface area contributed by atoms with Crippen LogP contribution in [0.2, 0.25) is 0 Å². The number of hydrogen-bond acceptors (Lipinski definition) is 7. The van der Waals surface area contributed by atoms with Gasteiger partial charge in [0.25, 0.3) is 17.7 Å². The quantitative estimate of drug-likeness (QED) is 0.0816. The third-order valence-corrected chi connectivity index (χ3v) is 10.9. The highest BCUT2D eigenvalue weighted by Crippen LogP contribution is 2.38. The van der Waals surface area contributed by atoms with Crippen molar-refractivity contribution in [2.24, 2.45) is 0 Å². The van der Waals surface area contributed by atoms with Crippen LogP contribution in [0.4, 0.5) is 0 Å². The number of carbonyl (C=O) groups excluding carboxylic acids is 5. The molecule has 3 aromatic heterocycles. The molecule has 0 saturated carbocycles. The van der Waals surface area contributed by atoms with Crippen molar-refractivity contribution >= 4 is 51.2 Å². The fourth-order valence-corrected chi connectivity index (χ4v) is 7.93. The molecule has 1 saturated heterocycles. The molecule has 2 aliphatic heterocycles. The van der Waals surface area contributed by atoms with Crippen molar-refractivity contribution in [2.75, 3.05) is 13.6 Å². The SMILES string of the molecule is CNC(=O)c1c(C)[nH]c2c(C(C)C)cc(-c3cccc4cc(-c5ccc(C(=O)NCCC#Cc6cccc7c6CN(C6CCC(=O)NC6=O)C7=O)nc5)ncc34)cc12. The van der Waals surface area contributed by atoms with E-state index < -0.39 is 11.9 Å². The molecule has 58 heavy (non-hydrogen) atoms. The minimum absolute atomic E-state index is 0.128. The van der Waals surface area contributed by atoms with E-state index in [0.29, 0.717) is 36.1 Å². The molecule has 1 atom stereocenters. The Morgan fingerprint density at radius 1 is 0.931 bits per heavy atom. The summed E-state index contributed by atoms with van der Waals surface area (Å²) in [7, 11) is 1.64. The Labute approximate surface area is 334 Å². The van der Waals surface area contributed by atoms with Gasteiger partial charge in [0.05, 0.1) is 11.3 Å². The van der Waals surface area contributed by atoms with E-state index in [1.54, 1.807) is 31.4 Å². The molecule has 1 fully saturated rings. The highest BCUT2D eigenvalue weighted by atomic mass is 16.2. The van der Waals surface area contributed by atoms with Gasteiger partial charge in [-0.3, -0.25) is 39.3 Å². The van der Waals surface area contributed by atoms with Gasteiger partial charge in [-0.15, -0.1) is 0 Å². The van der Waals surface area contributed by atoms with E-state index in [4.69, 9.17) is 4.98 Å². The molecule has 0 radical (unpaired) electrons. The van der Waals surface area contributed by atoms with Crippen LogP contribution in [0.25, 0.3) is 44.1 Å². The van der Waals surface area contributed by atoms with Gasteiger partial charge in [-0.05, 0) is 89.4 Å². The van der Waals surface area contributed by atoms with Gasteiger partial charge in [0, 0.05) is 84.0 Å². The van der Waals surface area contributed by atoms with Crippen LogP contribution in [0, 0.1) is 18.8 Å².